The zero-order valence-electron chi connectivity index (χ0n) is 10.00. The lowest BCUT2D eigenvalue weighted by Gasteiger charge is -2.02. The van der Waals surface area contributed by atoms with Crippen molar-refractivity contribution >= 4 is 11.0 Å². The third-order valence-corrected chi connectivity index (χ3v) is 2.83. The van der Waals surface area contributed by atoms with E-state index in [-0.39, 0.29) is 6.54 Å². The fourth-order valence-corrected chi connectivity index (χ4v) is 1.97. The summed E-state index contributed by atoms with van der Waals surface area (Å²) < 4.78 is 7.05. The summed E-state index contributed by atoms with van der Waals surface area (Å²) in [5.74, 6) is 1.99. The van der Waals surface area contributed by atoms with Crippen molar-refractivity contribution in [2.45, 2.75) is 20.0 Å². The van der Waals surface area contributed by atoms with Gasteiger partial charge in [0.25, 0.3) is 0 Å². The minimum absolute atomic E-state index is 0.261. The van der Waals surface area contributed by atoms with Crippen LogP contribution in [0.3, 0.4) is 0 Å². The van der Waals surface area contributed by atoms with Crippen molar-refractivity contribution in [1.29, 1.82) is 0 Å². The van der Waals surface area contributed by atoms with E-state index in [1.807, 2.05) is 31.2 Å². The second-order valence-electron chi connectivity index (χ2n) is 4.04. The van der Waals surface area contributed by atoms with Crippen LogP contribution < -0.4 is 5.73 Å². The lowest BCUT2D eigenvalue weighted by Crippen LogP contribution is -2.04. The standard InChI is InChI=1S/C12H13N5O/c1-8-14-9-4-2-3-5-10(9)17(8)7-11-15-12(6-13)18-16-11/h2-5H,6-7,13H2,1H3. The lowest BCUT2D eigenvalue weighted by atomic mass is 10.3. The molecule has 0 amide bonds. The maximum atomic E-state index is 5.44. The molecule has 0 unspecified atom stereocenters. The molecule has 3 aromatic rings. The topological polar surface area (TPSA) is 82.8 Å². The number of hydrogen-bond donors (Lipinski definition) is 1. The zero-order valence-corrected chi connectivity index (χ0v) is 10.00. The van der Waals surface area contributed by atoms with Gasteiger partial charge in [-0.15, -0.1) is 0 Å². The molecule has 0 spiro atoms. The second kappa shape index (κ2) is 4.23. The predicted octanol–water partition coefficient (Wildman–Crippen LogP) is 1.23. The first kappa shape index (κ1) is 10.9. The highest BCUT2D eigenvalue weighted by atomic mass is 16.5. The third kappa shape index (κ3) is 1.76. The van der Waals surface area contributed by atoms with Gasteiger partial charge in [0.1, 0.15) is 5.82 Å². The predicted molar refractivity (Wildman–Crippen MR) is 65.8 cm³/mol. The number of rotatable bonds is 3. The van der Waals surface area contributed by atoms with Gasteiger partial charge in [-0.25, -0.2) is 4.98 Å². The fraction of sp³-hybridized carbons (Fsp3) is 0.250. The third-order valence-electron chi connectivity index (χ3n) is 2.83. The smallest absolute Gasteiger partial charge is 0.240 e. The Morgan fingerprint density at radius 2 is 2.11 bits per heavy atom. The highest BCUT2D eigenvalue weighted by Gasteiger charge is 2.10. The van der Waals surface area contributed by atoms with Crippen molar-refractivity contribution in [2.75, 3.05) is 0 Å². The van der Waals surface area contributed by atoms with Crippen molar-refractivity contribution in [1.82, 2.24) is 19.7 Å². The number of fused-ring (bicyclic) bond motifs is 1. The molecule has 0 saturated carbocycles. The quantitative estimate of drug-likeness (QED) is 0.748. The number of nitrogens with zero attached hydrogens (tertiary/aromatic N) is 4. The molecule has 6 heteroatoms. The van der Waals surface area contributed by atoms with Gasteiger partial charge >= 0.3 is 0 Å². The normalized spacial score (nSPS) is 11.2. The number of imidazole rings is 1. The maximum absolute atomic E-state index is 5.44. The number of nitrogens with two attached hydrogens (primary N) is 1. The number of para-hydroxylation sites is 2. The molecule has 92 valence electrons. The van der Waals surface area contributed by atoms with Crippen molar-refractivity contribution in [3.63, 3.8) is 0 Å². The summed E-state index contributed by atoms with van der Waals surface area (Å²) >= 11 is 0. The second-order valence-corrected chi connectivity index (χ2v) is 4.04. The van der Waals surface area contributed by atoms with E-state index in [1.165, 1.54) is 0 Å². The zero-order chi connectivity index (χ0) is 12.5. The first-order chi connectivity index (χ1) is 8.78. The van der Waals surface area contributed by atoms with E-state index in [2.05, 4.69) is 19.7 Å². The summed E-state index contributed by atoms with van der Waals surface area (Å²) in [6.45, 7) is 2.76. The molecule has 0 fully saturated rings. The van der Waals surface area contributed by atoms with Crippen LogP contribution in [0.4, 0.5) is 0 Å². The number of hydrogen-bond acceptors (Lipinski definition) is 5. The van der Waals surface area contributed by atoms with Gasteiger partial charge in [0, 0.05) is 0 Å². The highest BCUT2D eigenvalue weighted by molar-refractivity contribution is 5.75. The summed E-state index contributed by atoms with van der Waals surface area (Å²) in [6, 6.07) is 7.97. The van der Waals surface area contributed by atoms with E-state index in [4.69, 9.17) is 10.3 Å². The molecule has 0 aliphatic heterocycles. The van der Waals surface area contributed by atoms with Gasteiger partial charge in [-0.1, -0.05) is 17.3 Å². The van der Waals surface area contributed by atoms with Gasteiger partial charge < -0.3 is 14.8 Å². The first-order valence-electron chi connectivity index (χ1n) is 5.71. The molecule has 0 atom stereocenters. The van der Waals surface area contributed by atoms with Crippen LogP contribution in [-0.4, -0.2) is 19.7 Å². The molecule has 0 radical (unpaired) electrons. The van der Waals surface area contributed by atoms with Crippen LogP contribution in [0.2, 0.25) is 0 Å². The molecule has 2 heterocycles. The Hall–Kier alpha value is -2.21. The summed E-state index contributed by atoms with van der Waals surface area (Å²) in [5.41, 5.74) is 7.48. The Bertz CT molecular complexity index is 685. The van der Waals surface area contributed by atoms with Crippen LogP contribution >= 0.6 is 0 Å². The molecule has 2 N–H and O–H groups in total. The van der Waals surface area contributed by atoms with E-state index in [0.29, 0.717) is 18.3 Å². The lowest BCUT2D eigenvalue weighted by molar-refractivity contribution is 0.373. The monoisotopic (exact) mass is 243 g/mol. The van der Waals surface area contributed by atoms with Crippen LogP contribution in [-0.2, 0) is 13.1 Å². The van der Waals surface area contributed by atoms with Gasteiger partial charge in [-0.05, 0) is 19.1 Å². The van der Waals surface area contributed by atoms with E-state index in [0.717, 1.165) is 16.9 Å². The van der Waals surface area contributed by atoms with Gasteiger partial charge in [-0.2, -0.15) is 4.98 Å². The molecule has 3 rings (SSSR count). The van der Waals surface area contributed by atoms with Crippen LogP contribution in [0.5, 0.6) is 0 Å². The van der Waals surface area contributed by atoms with Gasteiger partial charge in [0.15, 0.2) is 5.82 Å². The molecule has 18 heavy (non-hydrogen) atoms. The van der Waals surface area contributed by atoms with E-state index < -0.39 is 0 Å². The van der Waals surface area contributed by atoms with Crippen LogP contribution in [0.15, 0.2) is 28.8 Å². The number of aryl methyl sites for hydroxylation is 1. The van der Waals surface area contributed by atoms with E-state index in [1.54, 1.807) is 0 Å². The SMILES string of the molecule is Cc1nc2ccccc2n1Cc1noc(CN)n1. The summed E-state index contributed by atoms with van der Waals surface area (Å²) in [5, 5.41) is 3.90. The summed E-state index contributed by atoms with van der Waals surface area (Å²) in [4.78, 5) is 8.69. The fourth-order valence-electron chi connectivity index (χ4n) is 1.97. The average molecular weight is 243 g/mol. The molecule has 6 nitrogen and oxygen atoms in total. The van der Waals surface area contributed by atoms with Crippen molar-refractivity contribution < 1.29 is 4.52 Å². The van der Waals surface area contributed by atoms with Crippen LogP contribution in [0.25, 0.3) is 11.0 Å². The summed E-state index contributed by atoms with van der Waals surface area (Å²) in [7, 11) is 0. The largest absolute Gasteiger partial charge is 0.338 e. The molecule has 0 aliphatic rings. The highest BCUT2D eigenvalue weighted by Crippen LogP contribution is 2.16. The Kier molecular flexibility index (Phi) is 2.56. The number of aromatic nitrogens is 4. The minimum atomic E-state index is 0.261. The van der Waals surface area contributed by atoms with Gasteiger partial charge in [0.2, 0.25) is 5.89 Å². The minimum Gasteiger partial charge on any atom is -0.338 e. The van der Waals surface area contributed by atoms with Crippen molar-refractivity contribution in [3.05, 3.63) is 41.8 Å². The van der Waals surface area contributed by atoms with Crippen molar-refractivity contribution in [2.24, 2.45) is 5.73 Å². The van der Waals surface area contributed by atoms with Gasteiger partial charge in [-0.3, -0.25) is 0 Å². The molecule has 2 aromatic heterocycles. The van der Waals surface area contributed by atoms with Gasteiger partial charge in [0.05, 0.1) is 24.1 Å². The van der Waals surface area contributed by atoms with Crippen molar-refractivity contribution in [3.8, 4) is 0 Å². The maximum Gasteiger partial charge on any atom is 0.240 e. The Balaban J connectivity index is 2.01. The first-order valence-corrected chi connectivity index (χ1v) is 5.71. The van der Waals surface area contributed by atoms with E-state index >= 15 is 0 Å². The number of benzene rings is 1. The van der Waals surface area contributed by atoms with E-state index in [9.17, 15) is 0 Å². The molecular formula is C12H13N5O. The summed E-state index contributed by atoms with van der Waals surface area (Å²) in [6.07, 6.45) is 0. The Labute approximate surface area is 103 Å². The molecule has 1 aromatic carbocycles. The molecule has 0 bridgehead atoms. The van der Waals surface area contributed by atoms with Crippen LogP contribution in [0.1, 0.15) is 17.5 Å². The Morgan fingerprint density at radius 1 is 1.28 bits per heavy atom. The Morgan fingerprint density at radius 3 is 2.89 bits per heavy atom. The molecule has 0 aliphatic carbocycles. The average Bonchev–Trinajstić information content (AvgIpc) is 2.96. The molecular weight excluding hydrogens is 230 g/mol. The molecule has 0 saturated heterocycles. The van der Waals surface area contributed by atoms with Crippen LogP contribution in [0, 0.1) is 6.92 Å².